The van der Waals surface area contributed by atoms with Crippen LogP contribution in [0.3, 0.4) is 0 Å². The number of aliphatic hydroxyl groups is 1. The van der Waals surface area contributed by atoms with Crippen molar-refractivity contribution in [1.82, 2.24) is 0 Å². The number of carbonyl (C=O) groups excluding carboxylic acids is 1. The van der Waals surface area contributed by atoms with Crippen LogP contribution in [0.4, 0.5) is 0 Å². The minimum absolute atomic E-state index is 0.135. The van der Waals surface area contributed by atoms with Gasteiger partial charge in [-0.3, -0.25) is 4.79 Å². The molecule has 3 saturated carbocycles. The summed E-state index contributed by atoms with van der Waals surface area (Å²) in [6, 6.07) is 0. The van der Waals surface area contributed by atoms with Crippen LogP contribution in [0.25, 0.3) is 0 Å². The van der Waals surface area contributed by atoms with Crippen LogP contribution in [-0.4, -0.2) is 16.5 Å². The summed E-state index contributed by atoms with van der Waals surface area (Å²) >= 11 is 0. The highest BCUT2D eigenvalue weighted by Crippen LogP contribution is 2.65. The van der Waals surface area contributed by atoms with E-state index in [1.54, 1.807) is 0 Å². The lowest BCUT2D eigenvalue weighted by Gasteiger charge is -2.55. The van der Waals surface area contributed by atoms with Crippen LogP contribution in [0.5, 0.6) is 0 Å². The Hall–Kier alpha value is -0.630. The first kappa shape index (κ1) is 15.9. The van der Waals surface area contributed by atoms with Crippen LogP contribution in [0.1, 0.15) is 78.1 Å². The second kappa shape index (κ2) is 5.44. The maximum atomic E-state index is 11.8. The van der Waals surface area contributed by atoms with E-state index in [1.807, 2.05) is 6.08 Å². The third-order valence-electron chi connectivity index (χ3n) is 8.29. The van der Waals surface area contributed by atoms with Gasteiger partial charge >= 0.3 is 0 Å². The van der Waals surface area contributed by atoms with Crippen molar-refractivity contribution in [1.29, 1.82) is 0 Å². The van der Waals surface area contributed by atoms with Gasteiger partial charge in [0.1, 0.15) is 0 Å². The van der Waals surface area contributed by atoms with Crippen molar-refractivity contribution in [2.24, 2.45) is 29.1 Å². The van der Waals surface area contributed by atoms with Crippen LogP contribution < -0.4 is 0 Å². The van der Waals surface area contributed by atoms with Crippen molar-refractivity contribution in [3.05, 3.63) is 11.6 Å². The molecule has 2 heteroatoms. The van der Waals surface area contributed by atoms with Gasteiger partial charge < -0.3 is 5.11 Å². The molecule has 0 heterocycles. The van der Waals surface area contributed by atoms with E-state index in [1.165, 1.54) is 31.3 Å². The Labute approximate surface area is 140 Å². The summed E-state index contributed by atoms with van der Waals surface area (Å²) in [5, 5.41) is 11.3. The molecule has 0 spiro atoms. The zero-order valence-electron chi connectivity index (χ0n) is 14.8. The standard InChI is InChI=1S/C21H32O2/c1-3-10-21(23)12-9-19-18-6-4-14-13-15(22)5-7-16(14)17(18)8-11-20(19,21)2/h13,16-19,23H,3-12H2,1-2H3/t16?,17?,18?,19?,20?,21-/m0/s1. The quantitative estimate of drug-likeness (QED) is 0.804. The molecule has 4 aliphatic rings. The number of ketones is 1. The number of hydrogen-bond acceptors (Lipinski definition) is 2. The van der Waals surface area contributed by atoms with Gasteiger partial charge in [0.05, 0.1) is 5.60 Å². The van der Waals surface area contributed by atoms with E-state index in [9.17, 15) is 9.90 Å². The molecule has 0 bridgehead atoms. The van der Waals surface area contributed by atoms with E-state index >= 15 is 0 Å². The summed E-state index contributed by atoms with van der Waals surface area (Å²) in [7, 11) is 0. The number of allylic oxidation sites excluding steroid dienone is 1. The SMILES string of the molecule is CCC[C@]1(O)CCC2C3CCC4=CC(=O)CCC4C3CCC21C. The summed E-state index contributed by atoms with van der Waals surface area (Å²) < 4.78 is 0. The van der Waals surface area contributed by atoms with Gasteiger partial charge in [-0.15, -0.1) is 0 Å². The lowest BCUT2D eigenvalue weighted by Crippen LogP contribution is -2.52. The number of rotatable bonds is 2. The van der Waals surface area contributed by atoms with Gasteiger partial charge in [-0.25, -0.2) is 0 Å². The van der Waals surface area contributed by atoms with Crippen LogP contribution >= 0.6 is 0 Å². The minimum Gasteiger partial charge on any atom is -0.389 e. The molecule has 0 aromatic rings. The Morgan fingerprint density at radius 1 is 1.13 bits per heavy atom. The second-order valence-electron chi connectivity index (χ2n) is 9.08. The highest BCUT2D eigenvalue weighted by molar-refractivity contribution is 5.91. The molecule has 0 aliphatic heterocycles. The molecule has 4 rings (SSSR count). The minimum atomic E-state index is -0.421. The van der Waals surface area contributed by atoms with Gasteiger partial charge in [-0.1, -0.05) is 25.8 Å². The van der Waals surface area contributed by atoms with Crippen molar-refractivity contribution in [3.63, 3.8) is 0 Å². The predicted octanol–water partition coefficient (Wildman–Crippen LogP) is 4.66. The monoisotopic (exact) mass is 316 g/mol. The smallest absolute Gasteiger partial charge is 0.155 e. The summed E-state index contributed by atoms with van der Waals surface area (Å²) in [5.74, 6) is 3.31. The molecule has 6 atom stereocenters. The molecule has 0 saturated heterocycles. The van der Waals surface area contributed by atoms with E-state index in [2.05, 4.69) is 13.8 Å². The predicted molar refractivity (Wildman–Crippen MR) is 92.0 cm³/mol. The van der Waals surface area contributed by atoms with Gasteiger partial charge in [0, 0.05) is 6.42 Å². The molecule has 23 heavy (non-hydrogen) atoms. The molecule has 3 fully saturated rings. The van der Waals surface area contributed by atoms with E-state index < -0.39 is 5.60 Å². The van der Waals surface area contributed by atoms with Gasteiger partial charge in [0.15, 0.2) is 5.78 Å². The third-order valence-corrected chi connectivity index (χ3v) is 8.29. The van der Waals surface area contributed by atoms with Crippen molar-refractivity contribution in [2.45, 2.75) is 83.7 Å². The molecular weight excluding hydrogens is 284 g/mol. The fraction of sp³-hybridized carbons (Fsp3) is 0.857. The van der Waals surface area contributed by atoms with Crippen LogP contribution in [0.15, 0.2) is 11.6 Å². The molecule has 0 aromatic carbocycles. The van der Waals surface area contributed by atoms with E-state index in [-0.39, 0.29) is 5.41 Å². The number of hydrogen-bond donors (Lipinski definition) is 1. The zero-order valence-corrected chi connectivity index (χ0v) is 14.8. The maximum Gasteiger partial charge on any atom is 0.155 e. The van der Waals surface area contributed by atoms with Crippen LogP contribution in [0, 0.1) is 29.1 Å². The molecule has 1 N–H and O–H groups in total. The van der Waals surface area contributed by atoms with Crippen molar-refractivity contribution in [2.75, 3.05) is 0 Å². The second-order valence-corrected chi connectivity index (χ2v) is 9.08. The molecular formula is C21H32O2. The largest absolute Gasteiger partial charge is 0.389 e. The maximum absolute atomic E-state index is 11.8. The first-order valence-corrected chi connectivity index (χ1v) is 9.94. The van der Waals surface area contributed by atoms with E-state index in [4.69, 9.17) is 0 Å². The molecule has 128 valence electrons. The summed E-state index contributed by atoms with van der Waals surface area (Å²) in [5.41, 5.74) is 1.18. The van der Waals surface area contributed by atoms with Gasteiger partial charge in [-0.05, 0) is 86.5 Å². The van der Waals surface area contributed by atoms with Gasteiger partial charge in [0.25, 0.3) is 0 Å². The van der Waals surface area contributed by atoms with E-state index in [0.29, 0.717) is 17.6 Å². The van der Waals surface area contributed by atoms with Crippen LogP contribution in [0.2, 0.25) is 0 Å². The third kappa shape index (κ3) is 2.20. The Bertz CT molecular complexity index is 536. The summed E-state index contributed by atoms with van der Waals surface area (Å²) in [6.07, 6.45) is 13.0. The van der Waals surface area contributed by atoms with Crippen molar-refractivity contribution < 1.29 is 9.90 Å². The van der Waals surface area contributed by atoms with Crippen LogP contribution in [-0.2, 0) is 4.79 Å². The summed E-state index contributed by atoms with van der Waals surface area (Å²) in [6.45, 7) is 4.60. The first-order valence-electron chi connectivity index (χ1n) is 9.94. The number of fused-ring (bicyclic) bond motifs is 5. The average Bonchev–Trinajstić information content (AvgIpc) is 2.79. The Balaban J connectivity index is 1.61. The normalized spacial score (nSPS) is 49.2. The number of carbonyl (C=O) groups is 1. The fourth-order valence-corrected chi connectivity index (χ4v) is 7.12. The van der Waals surface area contributed by atoms with Gasteiger partial charge in [0.2, 0.25) is 0 Å². The Morgan fingerprint density at radius 3 is 2.74 bits per heavy atom. The molecule has 0 amide bonds. The molecule has 2 nitrogen and oxygen atoms in total. The lowest BCUT2D eigenvalue weighted by atomic mass is 9.50. The topological polar surface area (TPSA) is 37.3 Å². The fourth-order valence-electron chi connectivity index (χ4n) is 7.12. The molecule has 0 radical (unpaired) electrons. The Morgan fingerprint density at radius 2 is 1.96 bits per heavy atom. The summed E-state index contributed by atoms with van der Waals surface area (Å²) in [4.78, 5) is 11.8. The van der Waals surface area contributed by atoms with Crippen molar-refractivity contribution in [3.8, 4) is 0 Å². The molecule has 4 aliphatic carbocycles. The zero-order chi connectivity index (χ0) is 16.2. The highest BCUT2D eigenvalue weighted by atomic mass is 16.3. The average molecular weight is 316 g/mol. The first-order chi connectivity index (χ1) is 11.0. The lowest BCUT2D eigenvalue weighted by molar-refractivity contribution is -0.123. The van der Waals surface area contributed by atoms with Gasteiger partial charge in [-0.2, -0.15) is 0 Å². The molecule has 0 aromatic heterocycles. The van der Waals surface area contributed by atoms with Crippen molar-refractivity contribution >= 4 is 5.78 Å². The molecule has 5 unspecified atom stereocenters. The highest BCUT2D eigenvalue weighted by Gasteiger charge is 2.61. The van der Waals surface area contributed by atoms with E-state index in [0.717, 1.165) is 50.4 Å². The Kier molecular flexibility index (Phi) is 3.75.